The van der Waals surface area contributed by atoms with Crippen molar-refractivity contribution in [2.75, 3.05) is 13.1 Å². The molecule has 1 aliphatic carbocycles. The van der Waals surface area contributed by atoms with Crippen LogP contribution in [0.25, 0.3) is 0 Å². The van der Waals surface area contributed by atoms with E-state index in [9.17, 15) is 4.79 Å². The zero-order valence-corrected chi connectivity index (χ0v) is 9.61. The topological polar surface area (TPSA) is 45.5 Å². The second kappa shape index (κ2) is 5.16. The number of carbonyl (C=O) groups is 1. The number of likely N-dealkylation sites (N-methyl/N-ethyl adjacent to an activating group) is 1. The van der Waals surface area contributed by atoms with Crippen molar-refractivity contribution < 1.29 is 10.6 Å². The van der Waals surface area contributed by atoms with Gasteiger partial charge in [-0.3, -0.25) is 4.79 Å². The number of hydrogen-bond acceptors (Lipinski definition) is 3. The standard InChI is InChI=1S/C12H18N2O2.H2/c1-2-13-8-12(15)14(10-5-6-10)9-11-4-3-7-16-11;/h3-4,7,10,13H,2,5-6,8-9H2,1H3;1H. The molecule has 0 radical (unpaired) electrons. The molecule has 1 saturated carbocycles. The molecule has 1 N–H and O–H groups in total. The van der Waals surface area contributed by atoms with Crippen LogP contribution < -0.4 is 5.32 Å². The highest BCUT2D eigenvalue weighted by Crippen LogP contribution is 2.28. The van der Waals surface area contributed by atoms with Crippen LogP contribution in [0.4, 0.5) is 0 Å². The van der Waals surface area contributed by atoms with Crippen LogP contribution in [-0.4, -0.2) is 29.9 Å². The van der Waals surface area contributed by atoms with E-state index in [1.54, 1.807) is 6.26 Å². The normalized spacial score (nSPS) is 15.1. The van der Waals surface area contributed by atoms with E-state index in [4.69, 9.17) is 4.42 Å². The van der Waals surface area contributed by atoms with E-state index in [1.807, 2.05) is 24.0 Å². The maximum atomic E-state index is 11.9. The van der Waals surface area contributed by atoms with E-state index in [0.717, 1.165) is 25.1 Å². The molecule has 0 bridgehead atoms. The molecule has 2 rings (SSSR count). The van der Waals surface area contributed by atoms with Crippen LogP contribution in [0.5, 0.6) is 0 Å². The summed E-state index contributed by atoms with van der Waals surface area (Å²) in [6.07, 6.45) is 3.90. The van der Waals surface area contributed by atoms with Gasteiger partial charge in [0.25, 0.3) is 0 Å². The average molecular weight is 224 g/mol. The summed E-state index contributed by atoms with van der Waals surface area (Å²) in [5.41, 5.74) is 0. The van der Waals surface area contributed by atoms with Gasteiger partial charge in [-0.1, -0.05) is 6.92 Å². The number of hydrogen-bond donors (Lipinski definition) is 1. The lowest BCUT2D eigenvalue weighted by Gasteiger charge is -2.21. The molecule has 4 heteroatoms. The largest absolute Gasteiger partial charge is 0.467 e. The van der Waals surface area contributed by atoms with Crippen molar-refractivity contribution in [3.8, 4) is 0 Å². The molecule has 0 spiro atoms. The third-order valence-corrected chi connectivity index (χ3v) is 2.74. The molecular weight excluding hydrogens is 204 g/mol. The first-order chi connectivity index (χ1) is 7.81. The Balaban J connectivity index is 0.00000144. The predicted molar refractivity (Wildman–Crippen MR) is 62.9 cm³/mol. The van der Waals surface area contributed by atoms with E-state index >= 15 is 0 Å². The molecule has 1 fully saturated rings. The lowest BCUT2D eigenvalue weighted by molar-refractivity contribution is -0.131. The van der Waals surface area contributed by atoms with Gasteiger partial charge in [-0.25, -0.2) is 0 Å². The Kier molecular flexibility index (Phi) is 3.62. The van der Waals surface area contributed by atoms with Crippen LogP contribution in [-0.2, 0) is 11.3 Å². The molecule has 0 aromatic carbocycles. The third kappa shape index (κ3) is 2.85. The maximum absolute atomic E-state index is 11.9. The van der Waals surface area contributed by atoms with Gasteiger partial charge >= 0.3 is 0 Å². The molecule has 1 amide bonds. The van der Waals surface area contributed by atoms with Crippen LogP contribution in [0.2, 0.25) is 0 Å². The Morgan fingerprint density at radius 3 is 3.06 bits per heavy atom. The third-order valence-electron chi connectivity index (χ3n) is 2.74. The van der Waals surface area contributed by atoms with Crippen molar-refractivity contribution in [1.29, 1.82) is 0 Å². The zero-order valence-electron chi connectivity index (χ0n) is 9.61. The fourth-order valence-corrected chi connectivity index (χ4v) is 1.71. The second-order valence-corrected chi connectivity index (χ2v) is 4.11. The fourth-order valence-electron chi connectivity index (χ4n) is 1.71. The van der Waals surface area contributed by atoms with E-state index in [-0.39, 0.29) is 7.33 Å². The Morgan fingerprint density at radius 1 is 1.69 bits per heavy atom. The SMILES string of the molecule is CCNCC(=O)N(Cc1ccco1)C1CC1.[HH]. The van der Waals surface area contributed by atoms with Gasteiger partial charge in [0.05, 0.1) is 19.4 Å². The monoisotopic (exact) mass is 224 g/mol. The van der Waals surface area contributed by atoms with E-state index < -0.39 is 0 Å². The second-order valence-electron chi connectivity index (χ2n) is 4.11. The highest BCUT2D eigenvalue weighted by Gasteiger charge is 2.32. The van der Waals surface area contributed by atoms with Crippen molar-refractivity contribution in [1.82, 2.24) is 10.2 Å². The number of furan rings is 1. The minimum Gasteiger partial charge on any atom is -0.467 e. The summed E-state index contributed by atoms with van der Waals surface area (Å²) in [5, 5.41) is 3.07. The van der Waals surface area contributed by atoms with Gasteiger partial charge in [0.2, 0.25) is 5.91 Å². The van der Waals surface area contributed by atoms with Gasteiger partial charge in [0.15, 0.2) is 0 Å². The molecule has 0 saturated heterocycles. The lowest BCUT2D eigenvalue weighted by atomic mass is 10.3. The summed E-state index contributed by atoms with van der Waals surface area (Å²) in [6, 6.07) is 4.20. The van der Waals surface area contributed by atoms with Gasteiger partial charge in [-0.15, -0.1) is 0 Å². The minimum atomic E-state index is 0. The molecule has 1 aliphatic rings. The maximum Gasteiger partial charge on any atom is 0.237 e. The molecule has 1 aromatic rings. The van der Waals surface area contributed by atoms with E-state index in [2.05, 4.69) is 5.32 Å². The molecule has 1 aromatic heterocycles. The Morgan fingerprint density at radius 2 is 2.50 bits per heavy atom. The van der Waals surface area contributed by atoms with Crippen molar-refractivity contribution in [3.63, 3.8) is 0 Å². The van der Waals surface area contributed by atoms with E-state index in [1.165, 1.54) is 0 Å². The molecule has 0 unspecified atom stereocenters. The van der Waals surface area contributed by atoms with Gasteiger partial charge in [-0.2, -0.15) is 0 Å². The highest BCUT2D eigenvalue weighted by atomic mass is 16.3. The van der Waals surface area contributed by atoms with Crippen molar-refractivity contribution >= 4 is 5.91 Å². The number of rotatable bonds is 6. The van der Waals surface area contributed by atoms with Crippen molar-refractivity contribution in [2.24, 2.45) is 0 Å². The molecule has 16 heavy (non-hydrogen) atoms. The van der Waals surface area contributed by atoms with Crippen LogP contribution in [0.3, 0.4) is 0 Å². The summed E-state index contributed by atoms with van der Waals surface area (Å²) >= 11 is 0. The smallest absolute Gasteiger partial charge is 0.237 e. The van der Waals surface area contributed by atoms with Crippen LogP contribution in [0.15, 0.2) is 22.8 Å². The Hall–Kier alpha value is -1.29. The van der Waals surface area contributed by atoms with Gasteiger partial charge in [-0.05, 0) is 31.5 Å². The molecular formula is C12H20N2O2. The Bertz CT molecular complexity index is 336. The first-order valence-electron chi connectivity index (χ1n) is 5.84. The van der Waals surface area contributed by atoms with E-state index in [0.29, 0.717) is 19.1 Å². The van der Waals surface area contributed by atoms with Gasteiger partial charge < -0.3 is 14.6 Å². The predicted octanol–water partition coefficient (Wildman–Crippen LogP) is 1.63. The first kappa shape index (κ1) is 11.2. The fraction of sp³-hybridized carbons (Fsp3) is 0.583. The van der Waals surface area contributed by atoms with Crippen molar-refractivity contribution in [3.05, 3.63) is 24.2 Å². The van der Waals surface area contributed by atoms with Crippen molar-refractivity contribution in [2.45, 2.75) is 32.4 Å². The quantitative estimate of drug-likeness (QED) is 0.798. The average Bonchev–Trinajstić information content (AvgIpc) is 3.00. The Labute approximate surface area is 97.1 Å². The molecule has 4 nitrogen and oxygen atoms in total. The zero-order chi connectivity index (χ0) is 11.4. The van der Waals surface area contributed by atoms with Crippen LogP contribution in [0.1, 0.15) is 27.0 Å². The molecule has 0 atom stereocenters. The summed E-state index contributed by atoms with van der Waals surface area (Å²) in [4.78, 5) is 13.8. The lowest BCUT2D eigenvalue weighted by Crippen LogP contribution is -2.39. The summed E-state index contributed by atoms with van der Waals surface area (Å²) < 4.78 is 5.28. The van der Waals surface area contributed by atoms with Crippen LogP contribution in [0, 0.1) is 0 Å². The first-order valence-corrected chi connectivity index (χ1v) is 5.84. The number of amides is 1. The molecule has 1 heterocycles. The minimum absolute atomic E-state index is 0. The molecule has 0 aliphatic heterocycles. The number of nitrogens with one attached hydrogen (secondary N) is 1. The highest BCUT2D eigenvalue weighted by molar-refractivity contribution is 5.78. The number of nitrogens with zero attached hydrogens (tertiary/aromatic N) is 1. The van der Waals surface area contributed by atoms with Crippen LogP contribution >= 0.6 is 0 Å². The summed E-state index contributed by atoms with van der Waals surface area (Å²) in [5.74, 6) is 1.03. The summed E-state index contributed by atoms with van der Waals surface area (Å²) in [6.45, 7) is 3.85. The van der Waals surface area contributed by atoms with Gasteiger partial charge in [0.1, 0.15) is 5.76 Å². The summed E-state index contributed by atoms with van der Waals surface area (Å²) in [7, 11) is 0. The number of carbonyl (C=O) groups excluding carboxylic acids is 1. The molecule has 90 valence electrons. The van der Waals surface area contributed by atoms with Gasteiger partial charge in [0, 0.05) is 7.47 Å².